The second-order valence-electron chi connectivity index (χ2n) is 23.2. The van der Waals surface area contributed by atoms with Crippen molar-refractivity contribution in [3.63, 3.8) is 0 Å². The van der Waals surface area contributed by atoms with Gasteiger partial charge in [0.25, 0.3) is 6.71 Å². The van der Waals surface area contributed by atoms with Gasteiger partial charge in [-0.25, -0.2) is 0 Å². The van der Waals surface area contributed by atoms with E-state index in [1.165, 1.54) is 126 Å². The maximum atomic E-state index is 2.79. The summed E-state index contributed by atoms with van der Waals surface area (Å²) in [6.45, 7) is 26.2. The standard InChI is InChI=1S/C62H64BN3/c1-39-33-48-55-51(35-39)64(44-27-23-41(24-28-44)58(3,4)5)53-37-46(66-50-22-16-15-21-47(50)60(9)31-17-18-32-61(60,66)10)38-54-57(53)63(55)56-49(62(48,11)43-19-13-12-14-20-43)34-40(2)36-52(56)65(54)45-29-25-42(26-30-45)59(6,7)8/h12-16,19-30,33-38H,17-18,31-32H2,1-11H3. The van der Waals surface area contributed by atoms with Crippen molar-refractivity contribution in [3.8, 4) is 0 Å². The third kappa shape index (κ3) is 5.51. The lowest BCUT2D eigenvalue weighted by Crippen LogP contribution is -2.67. The highest BCUT2D eigenvalue weighted by Crippen LogP contribution is 2.62. The van der Waals surface area contributed by atoms with Gasteiger partial charge in [0.2, 0.25) is 0 Å². The van der Waals surface area contributed by atoms with E-state index in [9.17, 15) is 0 Å². The van der Waals surface area contributed by atoms with Gasteiger partial charge in [-0.15, -0.1) is 0 Å². The van der Waals surface area contributed by atoms with Crippen LogP contribution in [0.2, 0.25) is 0 Å². The summed E-state index contributed by atoms with van der Waals surface area (Å²) in [5.74, 6) is 0. The molecule has 330 valence electrons. The van der Waals surface area contributed by atoms with Crippen LogP contribution < -0.4 is 31.1 Å². The predicted octanol–water partition coefficient (Wildman–Crippen LogP) is 14.4. The third-order valence-electron chi connectivity index (χ3n) is 17.2. The second kappa shape index (κ2) is 13.8. The topological polar surface area (TPSA) is 9.72 Å². The lowest BCUT2D eigenvalue weighted by atomic mass is 9.28. The van der Waals surface area contributed by atoms with Crippen LogP contribution in [0.15, 0.2) is 140 Å². The van der Waals surface area contributed by atoms with E-state index in [1.54, 1.807) is 0 Å². The van der Waals surface area contributed by atoms with Crippen molar-refractivity contribution >= 4 is 68.6 Å². The van der Waals surface area contributed by atoms with E-state index >= 15 is 0 Å². The fourth-order valence-corrected chi connectivity index (χ4v) is 13.6. The SMILES string of the molecule is Cc1cc2c3c(c1)C(C)(c1ccccc1)c1cc(C)cc4c1B3c1c(cc(N3c5ccccc5C5(C)CCCCC35C)cc1N4c1ccc(C(C)(C)C)cc1)N2c1ccc(C(C)(C)C)cc1. The molecule has 1 aliphatic carbocycles. The van der Waals surface area contributed by atoms with Gasteiger partial charge in [0, 0.05) is 56.3 Å². The molecule has 0 saturated heterocycles. The van der Waals surface area contributed by atoms with E-state index in [4.69, 9.17) is 0 Å². The van der Waals surface area contributed by atoms with Crippen LogP contribution in [0.4, 0.5) is 45.5 Å². The smallest absolute Gasteiger partial charge is 0.252 e. The molecule has 7 aromatic rings. The summed E-state index contributed by atoms with van der Waals surface area (Å²) in [4.78, 5) is 8.12. The van der Waals surface area contributed by atoms with Gasteiger partial charge < -0.3 is 14.7 Å². The summed E-state index contributed by atoms with van der Waals surface area (Å²) in [5, 5.41) is 0. The molecule has 4 heterocycles. The van der Waals surface area contributed by atoms with Gasteiger partial charge in [-0.1, -0.05) is 146 Å². The number of fused-ring (bicyclic) bond motifs is 3. The normalized spacial score (nSPS) is 20.8. The summed E-state index contributed by atoms with van der Waals surface area (Å²) in [6.07, 6.45) is 4.85. The van der Waals surface area contributed by atoms with Crippen LogP contribution in [-0.2, 0) is 21.7 Å². The Hall–Kier alpha value is -6.00. The summed E-state index contributed by atoms with van der Waals surface area (Å²) < 4.78 is 0. The molecule has 2 atom stereocenters. The highest BCUT2D eigenvalue weighted by Gasteiger charge is 2.59. The minimum absolute atomic E-state index is 0.0302. The molecule has 0 amide bonds. The maximum Gasteiger partial charge on any atom is 0.252 e. The van der Waals surface area contributed by atoms with Crippen molar-refractivity contribution in [2.45, 2.75) is 129 Å². The van der Waals surface area contributed by atoms with Gasteiger partial charge in [-0.3, -0.25) is 0 Å². The van der Waals surface area contributed by atoms with E-state index < -0.39 is 5.41 Å². The largest absolute Gasteiger partial charge is 0.334 e. The molecule has 0 N–H and O–H groups in total. The molecule has 4 heteroatoms. The third-order valence-corrected chi connectivity index (χ3v) is 17.2. The molecule has 0 spiro atoms. The van der Waals surface area contributed by atoms with Crippen LogP contribution in [0, 0.1) is 13.8 Å². The van der Waals surface area contributed by atoms with Gasteiger partial charge in [0.1, 0.15) is 0 Å². The lowest BCUT2D eigenvalue weighted by Gasteiger charge is -2.53. The highest BCUT2D eigenvalue weighted by molar-refractivity contribution is 7.01. The Morgan fingerprint density at radius 3 is 1.44 bits per heavy atom. The zero-order valence-corrected chi connectivity index (χ0v) is 41.0. The van der Waals surface area contributed by atoms with Crippen LogP contribution >= 0.6 is 0 Å². The zero-order valence-electron chi connectivity index (χ0n) is 41.0. The Kier molecular flexibility index (Phi) is 8.65. The molecular formula is C62H64BN3. The van der Waals surface area contributed by atoms with E-state index in [0.717, 1.165) is 6.42 Å². The Morgan fingerprint density at radius 1 is 0.455 bits per heavy atom. The average molecular weight is 862 g/mol. The fourth-order valence-electron chi connectivity index (χ4n) is 13.6. The second-order valence-corrected chi connectivity index (χ2v) is 23.2. The van der Waals surface area contributed by atoms with Gasteiger partial charge in [-0.2, -0.15) is 0 Å². The molecule has 12 rings (SSSR count). The van der Waals surface area contributed by atoms with Crippen molar-refractivity contribution < 1.29 is 0 Å². The predicted molar refractivity (Wildman–Crippen MR) is 282 cm³/mol. The number of aryl methyl sites for hydroxylation is 2. The van der Waals surface area contributed by atoms with Crippen molar-refractivity contribution in [1.82, 2.24) is 0 Å². The van der Waals surface area contributed by atoms with E-state index in [1.807, 2.05) is 0 Å². The molecule has 1 saturated carbocycles. The van der Waals surface area contributed by atoms with Crippen molar-refractivity contribution in [2.75, 3.05) is 14.7 Å². The van der Waals surface area contributed by atoms with E-state index in [0.29, 0.717) is 0 Å². The first kappa shape index (κ1) is 41.4. The number of nitrogens with zero attached hydrogens (tertiary/aromatic N) is 3. The monoisotopic (exact) mass is 862 g/mol. The van der Waals surface area contributed by atoms with Crippen molar-refractivity contribution in [1.29, 1.82) is 0 Å². The quantitative estimate of drug-likeness (QED) is 0.163. The Morgan fingerprint density at radius 2 is 0.924 bits per heavy atom. The molecule has 0 bridgehead atoms. The molecule has 0 aromatic heterocycles. The van der Waals surface area contributed by atoms with Crippen LogP contribution in [0.3, 0.4) is 0 Å². The highest BCUT2D eigenvalue weighted by atomic mass is 15.3. The maximum absolute atomic E-state index is 2.79. The Balaban J connectivity index is 1.23. The minimum atomic E-state index is -0.401. The number of benzene rings is 7. The molecule has 7 aromatic carbocycles. The molecular weight excluding hydrogens is 798 g/mol. The summed E-state index contributed by atoms with van der Waals surface area (Å²) >= 11 is 0. The first-order valence-corrected chi connectivity index (χ1v) is 24.7. The molecule has 4 aliphatic heterocycles. The number of hydrogen-bond donors (Lipinski definition) is 0. The minimum Gasteiger partial charge on any atom is -0.334 e. The molecule has 1 fully saturated rings. The van der Waals surface area contributed by atoms with Gasteiger partial charge in [-0.05, 0) is 167 Å². The number of para-hydroxylation sites is 1. The van der Waals surface area contributed by atoms with Crippen LogP contribution in [0.5, 0.6) is 0 Å². The summed E-state index contributed by atoms with van der Waals surface area (Å²) in [7, 11) is 0. The summed E-state index contributed by atoms with van der Waals surface area (Å²) in [5.41, 5.74) is 25.0. The fraction of sp³-hybridized carbons (Fsp3) is 0.323. The van der Waals surface area contributed by atoms with Crippen LogP contribution in [0.1, 0.15) is 133 Å². The first-order chi connectivity index (χ1) is 31.4. The molecule has 5 aliphatic rings. The zero-order chi connectivity index (χ0) is 45.9. The molecule has 2 unspecified atom stereocenters. The Bertz CT molecular complexity index is 2990. The van der Waals surface area contributed by atoms with Gasteiger partial charge in [0.05, 0.1) is 5.54 Å². The van der Waals surface area contributed by atoms with Crippen molar-refractivity contribution in [2.24, 2.45) is 0 Å². The Labute approximate surface area is 394 Å². The van der Waals surface area contributed by atoms with Crippen LogP contribution in [0.25, 0.3) is 0 Å². The lowest BCUT2D eigenvalue weighted by molar-refractivity contribution is 0.195. The van der Waals surface area contributed by atoms with Crippen LogP contribution in [-0.4, -0.2) is 12.3 Å². The number of hydrogen-bond acceptors (Lipinski definition) is 3. The molecule has 3 nitrogen and oxygen atoms in total. The van der Waals surface area contributed by atoms with Crippen molar-refractivity contribution in [3.05, 3.63) is 184 Å². The first-order valence-electron chi connectivity index (χ1n) is 24.7. The molecule has 0 radical (unpaired) electrons. The number of rotatable bonds is 4. The van der Waals surface area contributed by atoms with E-state index in [2.05, 4.69) is 230 Å². The molecule has 66 heavy (non-hydrogen) atoms. The van der Waals surface area contributed by atoms with Gasteiger partial charge >= 0.3 is 0 Å². The number of anilines is 8. The summed E-state index contributed by atoms with van der Waals surface area (Å²) in [6, 6.07) is 55.1. The average Bonchev–Trinajstić information content (AvgIpc) is 3.50. The van der Waals surface area contributed by atoms with Gasteiger partial charge in [0.15, 0.2) is 0 Å². The van der Waals surface area contributed by atoms with E-state index in [-0.39, 0.29) is 28.5 Å².